The fourth-order valence-corrected chi connectivity index (χ4v) is 2.27. The maximum atomic E-state index is 4.66. The van der Waals surface area contributed by atoms with Crippen LogP contribution >= 0.6 is 0 Å². The second kappa shape index (κ2) is 16.4. The Hall–Kier alpha value is -1.25. The summed E-state index contributed by atoms with van der Waals surface area (Å²) in [5.74, 6) is 0. The molecule has 2 N–H and O–H groups in total. The van der Waals surface area contributed by atoms with E-state index in [0.29, 0.717) is 0 Å². The van der Waals surface area contributed by atoms with Crippen molar-refractivity contribution in [3.63, 3.8) is 0 Å². The molecule has 0 aliphatic carbocycles. The van der Waals surface area contributed by atoms with Gasteiger partial charge in [0.05, 0.1) is 34.2 Å². The monoisotopic (exact) mass is 590 g/mol. The van der Waals surface area contributed by atoms with Crippen LogP contribution in [0, 0.1) is 40.8 Å². The molecule has 1 heterocycles. The van der Waals surface area contributed by atoms with Gasteiger partial charge in [0.1, 0.15) is 0 Å². The van der Waals surface area contributed by atoms with Crippen LogP contribution in [0.1, 0.15) is 25.2 Å². The van der Waals surface area contributed by atoms with Crippen molar-refractivity contribution >= 4 is 22.8 Å². The maximum Gasteiger partial charge on any atom is 3.00 e. The van der Waals surface area contributed by atoms with E-state index in [4.69, 9.17) is 0 Å². The number of anilines is 2. The Labute approximate surface area is 229 Å². The first-order valence-electron chi connectivity index (χ1n) is 8.41. The van der Waals surface area contributed by atoms with E-state index in [0.717, 1.165) is 34.2 Å². The fourth-order valence-electron chi connectivity index (χ4n) is 2.27. The number of para-hydroxylation sites is 2. The zero-order chi connectivity index (χ0) is 18.2. The largest absolute Gasteiger partial charge is 3.00 e. The molecule has 3 rings (SSSR count). The van der Waals surface area contributed by atoms with E-state index in [1.54, 1.807) is 0 Å². The summed E-state index contributed by atoms with van der Waals surface area (Å²) >= 11 is 0. The smallest absolute Gasteiger partial charge is 1.00 e. The molecule has 1 aromatic heterocycles. The number of nitrogens with zero attached hydrogens (tertiary/aromatic N) is 3. The number of hydrazone groups is 2. The summed E-state index contributed by atoms with van der Waals surface area (Å²) in [5.41, 5.74) is 11.2. The fraction of sp³-hybridized carbons (Fsp3) is 0.0952. The van der Waals surface area contributed by atoms with Crippen LogP contribution in [0.15, 0.2) is 89.1 Å². The number of pyridine rings is 1. The first-order valence-corrected chi connectivity index (χ1v) is 8.41. The van der Waals surface area contributed by atoms with E-state index in [1.165, 1.54) is 0 Å². The third-order valence-corrected chi connectivity index (χ3v) is 3.74. The molecule has 0 bridgehead atoms. The van der Waals surface area contributed by atoms with Crippen LogP contribution in [0.2, 0.25) is 0 Å². The van der Waals surface area contributed by atoms with Crippen LogP contribution in [-0.4, -0.2) is 16.4 Å². The molecule has 9 heteroatoms. The third-order valence-electron chi connectivity index (χ3n) is 3.74. The number of aromatic nitrogens is 1. The van der Waals surface area contributed by atoms with Gasteiger partial charge in [0.15, 0.2) is 0 Å². The molecule has 5 nitrogen and oxygen atoms in total. The Bertz CT molecular complexity index is 849. The third kappa shape index (κ3) is 9.71. The van der Waals surface area contributed by atoms with Crippen molar-refractivity contribution in [2.45, 2.75) is 13.8 Å². The summed E-state index contributed by atoms with van der Waals surface area (Å²) in [5, 5.41) is 8.81. The van der Waals surface area contributed by atoms with E-state index < -0.39 is 0 Å². The van der Waals surface area contributed by atoms with E-state index in [-0.39, 0.29) is 78.1 Å². The Kier molecular flexibility index (Phi) is 17.0. The summed E-state index contributed by atoms with van der Waals surface area (Å²) in [4.78, 5) is 4.66. The van der Waals surface area contributed by atoms with Crippen LogP contribution in [0.25, 0.3) is 0 Å². The summed E-state index contributed by atoms with van der Waals surface area (Å²) in [7, 11) is 0. The quantitative estimate of drug-likeness (QED) is 0.225. The number of rotatable bonds is 6. The van der Waals surface area contributed by atoms with Gasteiger partial charge >= 0.3 is 40.8 Å². The number of hydrogen-bond donors (Lipinski definition) is 2. The molecule has 0 atom stereocenters. The Morgan fingerprint density at radius 3 is 1.33 bits per heavy atom. The van der Waals surface area contributed by atoms with E-state index in [2.05, 4.69) is 26.0 Å². The van der Waals surface area contributed by atoms with E-state index in [9.17, 15) is 0 Å². The number of hydrogen-bond acceptors (Lipinski definition) is 5. The Morgan fingerprint density at radius 2 is 0.967 bits per heavy atom. The molecular weight excluding hydrogens is 573 g/mol. The number of halogens is 3. The first-order chi connectivity index (χ1) is 12.7. The Morgan fingerprint density at radius 1 is 0.600 bits per heavy atom. The van der Waals surface area contributed by atoms with Crippen molar-refractivity contribution in [2.75, 3.05) is 10.9 Å². The minimum absolute atomic E-state index is 0. The van der Waals surface area contributed by atoms with Gasteiger partial charge in [-0.15, -0.1) is 0 Å². The minimum atomic E-state index is 0. The van der Waals surface area contributed by atoms with Gasteiger partial charge in [-0.25, -0.2) is 4.98 Å². The molecule has 0 spiro atoms. The summed E-state index contributed by atoms with van der Waals surface area (Å²) in [6, 6.07) is 25.5. The SMILES string of the molecule is CC(=NNc1ccccc1)c1cccc(C(C)=NNc2ccccc2)n1.[Cl-].[Cl-].[Cl-].[Nd+3]. The molecule has 0 aliphatic rings. The average Bonchev–Trinajstić information content (AvgIpc) is 2.72. The van der Waals surface area contributed by atoms with Crippen LogP contribution in [-0.2, 0) is 0 Å². The van der Waals surface area contributed by atoms with Gasteiger partial charge in [0, 0.05) is 0 Å². The van der Waals surface area contributed by atoms with Crippen LogP contribution < -0.4 is 48.1 Å². The average molecular weight is 594 g/mol. The molecule has 0 saturated carbocycles. The molecule has 0 unspecified atom stereocenters. The zero-order valence-electron chi connectivity index (χ0n) is 16.5. The summed E-state index contributed by atoms with van der Waals surface area (Å²) in [6.07, 6.45) is 0. The molecule has 0 aliphatic heterocycles. The van der Waals surface area contributed by atoms with Crippen molar-refractivity contribution in [3.05, 3.63) is 90.3 Å². The van der Waals surface area contributed by atoms with Gasteiger partial charge in [-0.1, -0.05) is 42.5 Å². The van der Waals surface area contributed by atoms with Crippen LogP contribution in [0.4, 0.5) is 11.4 Å². The molecular formula is C21H21Cl3N5Nd. The van der Waals surface area contributed by atoms with Crippen molar-refractivity contribution in [2.24, 2.45) is 10.2 Å². The van der Waals surface area contributed by atoms with Crippen molar-refractivity contribution in [1.29, 1.82) is 0 Å². The van der Waals surface area contributed by atoms with Gasteiger partial charge in [0.25, 0.3) is 0 Å². The standard InChI is InChI=1S/C21H21N5.3ClH.Nd/c1-16(23-25-18-10-5-3-6-11-18)20-14-9-15-21(22-20)17(2)24-26-19-12-7-4-8-13-19;;;;/h3-15,25-26H,1-2H3;3*1H;/q;;;;+3/p-3. The van der Waals surface area contributed by atoms with E-state index >= 15 is 0 Å². The van der Waals surface area contributed by atoms with Crippen LogP contribution in [0.5, 0.6) is 0 Å². The Balaban J connectivity index is 0. The first kappa shape index (κ1) is 30.9. The second-order valence-corrected chi connectivity index (χ2v) is 5.76. The molecule has 1 radical (unpaired) electrons. The van der Waals surface area contributed by atoms with Crippen molar-refractivity contribution in [1.82, 2.24) is 4.98 Å². The number of nitrogens with one attached hydrogen (secondary N) is 2. The second-order valence-electron chi connectivity index (χ2n) is 5.76. The molecule has 155 valence electrons. The molecule has 30 heavy (non-hydrogen) atoms. The van der Waals surface area contributed by atoms with Gasteiger partial charge in [0.2, 0.25) is 0 Å². The zero-order valence-corrected chi connectivity index (χ0v) is 22.0. The van der Waals surface area contributed by atoms with Crippen molar-refractivity contribution < 1.29 is 78.1 Å². The minimum Gasteiger partial charge on any atom is -1.00 e. The molecule has 3 aromatic rings. The molecule has 0 saturated heterocycles. The van der Waals surface area contributed by atoms with Gasteiger partial charge in [-0.3, -0.25) is 10.9 Å². The molecule has 2 aromatic carbocycles. The van der Waals surface area contributed by atoms with Gasteiger partial charge in [-0.05, 0) is 50.2 Å². The summed E-state index contributed by atoms with van der Waals surface area (Å²) in [6.45, 7) is 3.85. The molecule has 0 fully saturated rings. The summed E-state index contributed by atoms with van der Waals surface area (Å²) < 4.78 is 0. The van der Waals surface area contributed by atoms with E-state index in [1.807, 2.05) is 92.7 Å². The normalized spacial score (nSPS) is 10.3. The van der Waals surface area contributed by atoms with Gasteiger partial charge in [-0.2, -0.15) is 10.2 Å². The predicted molar refractivity (Wildman–Crippen MR) is 109 cm³/mol. The van der Waals surface area contributed by atoms with Gasteiger partial charge < -0.3 is 37.2 Å². The van der Waals surface area contributed by atoms with Crippen LogP contribution in [0.3, 0.4) is 0 Å². The topological polar surface area (TPSA) is 61.7 Å². The van der Waals surface area contributed by atoms with Crippen molar-refractivity contribution in [3.8, 4) is 0 Å². The molecule has 0 amide bonds. The maximum absolute atomic E-state index is 4.66. The predicted octanol–water partition coefficient (Wildman–Crippen LogP) is -4.23. The number of benzene rings is 2.